The highest BCUT2D eigenvalue weighted by Gasteiger charge is 2.18. The largest absolute Gasteiger partial charge is 0.379 e. The Bertz CT molecular complexity index is 583. The molecule has 1 aromatic heterocycles. The van der Waals surface area contributed by atoms with Crippen LogP contribution in [0.1, 0.15) is 45.4 Å². The lowest BCUT2D eigenvalue weighted by Crippen LogP contribution is -2.46. The van der Waals surface area contributed by atoms with E-state index in [2.05, 4.69) is 44.1 Å². The second-order valence-electron chi connectivity index (χ2n) is 7.53. The third kappa shape index (κ3) is 7.14. The Kier molecular flexibility index (Phi) is 10.5. The third-order valence-electron chi connectivity index (χ3n) is 5.54. The molecule has 3 rings (SSSR count). The van der Waals surface area contributed by atoms with Crippen molar-refractivity contribution in [2.45, 2.75) is 64.6 Å². The maximum Gasteiger partial charge on any atom is 0.191 e. The smallest absolute Gasteiger partial charge is 0.191 e. The van der Waals surface area contributed by atoms with Crippen LogP contribution in [0.3, 0.4) is 0 Å². The number of aryl methyl sites for hydroxylation is 1. The molecule has 1 atom stereocenters. The summed E-state index contributed by atoms with van der Waals surface area (Å²) in [5.41, 5.74) is 0. The van der Waals surface area contributed by atoms with Crippen LogP contribution in [0.4, 0.5) is 0 Å². The maximum atomic E-state index is 5.46. The van der Waals surface area contributed by atoms with E-state index >= 15 is 0 Å². The molecule has 1 saturated heterocycles. The maximum absolute atomic E-state index is 5.46. The van der Waals surface area contributed by atoms with Gasteiger partial charge in [-0.1, -0.05) is 19.8 Å². The Morgan fingerprint density at radius 3 is 2.79 bits per heavy atom. The first kappa shape index (κ1) is 23.3. The van der Waals surface area contributed by atoms with Gasteiger partial charge in [-0.3, -0.25) is 9.89 Å². The van der Waals surface area contributed by atoms with Crippen molar-refractivity contribution >= 4 is 29.9 Å². The number of halogens is 1. The predicted octanol–water partition coefficient (Wildman–Crippen LogP) is 1.66. The molecule has 2 heterocycles. The second-order valence-corrected chi connectivity index (χ2v) is 7.53. The minimum absolute atomic E-state index is 0. The Labute approximate surface area is 185 Å². The van der Waals surface area contributed by atoms with Gasteiger partial charge < -0.3 is 19.9 Å². The fraction of sp³-hybridized carbons (Fsp3) is 0.842. The van der Waals surface area contributed by atoms with Crippen LogP contribution >= 0.6 is 24.0 Å². The van der Waals surface area contributed by atoms with Crippen LogP contribution < -0.4 is 10.6 Å². The molecule has 2 N–H and O–H groups in total. The van der Waals surface area contributed by atoms with Crippen molar-refractivity contribution < 1.29 is 4.74 Å². The number of aromatic nitrogens is 3. The lowest BCUT2D eigenvalue weighted by Gasteiger charge is -2.31. The van der Waals surface area contributed by atoms with E-state index in [9.17, 15) is 0 Å². The van der Waals surface area contributed by atoms with Gasteiger partial charge in [0.2, 0.25) is 0 Å². The zero-order valence-electron chi connectivity index (χ0n) is 17.3. The number of ether oxygens (including phenoxy) is 1. The van der Waals surface area contributed by atoms with Crippen LogP contribution in [-0.4, -0.2) is 77.1 Å². The fourth-order valence-corrected chi connectivity index (χ4v) is 3.81. The second kappa shape index (κ2) is 12.6. The molecule has 0 bridgehead atoms. The van der Waals surface area contributed by atoms with Crippen LogP contribution in [0, 0.1) is 0 Å². The zero-order valence-corrected chi connectivity index (χ0v) is 19.6. The quantitative estimate of drug-likeness (QED) is 0.318. The van der Waals surface area contributed by atoms with Crippen molar-refractivity contribution in [1.82, 2.24) is 30.3 Å². The van der Waals surface area contributed by atoms with Crippen molar-refractivity contribution in [2.75, 3.05) is 39.4 Å². The molecule has 9 heteroatoms. The van der Waals surface area contributed by atoms with Gasteiger partial charge in [-0.2, -0.15) is 0 Å². The Morgan fingerprint density at radius 2 is 2.07 bits per heavy atom. The minimum atomic E-state index is 0. The number of nitrogens with zero attached hydrogens (tertiary/aromatic N) is 5. The van der Waals surface area contributed by atoms with Crippen LogP contribution in [-0.2, 0) is 17.7 Å². The summed E-state index contributed by atoms with van der Waals surface area (Å²) in [7, 11) is 0. The van der Waals surface area contributed by atoms with E-state index in [1.54, 1.807) is 0 Å². The molecule has 2 aliphatic rings. The van der Waals surface area contributed by atoms with Gasteiger partial charge in [0.15, 0.2) is 5.96 Å². The molecule has 1 aromatic rings. The standard InChI is InChI=1S/C19H35N7O.HI/c1-3-18-24-22-15-26(18)9-8-20-19(23-17-6-4-5-7-17)21-14-16(2)25-10-12-27-13-11-25;/h15-17H,3-14H2,1-2H3,(H2,20,21,23);1H. The summed E-state index contributed by atoms with van der Waals surface area (Å²) < 4.78 is 7.56. The van der Waals surface area contributed by atoms with E-state index in [1.165, 1.54) is 25.7 Å². The molecule has 1 aliphatic heterocycles. The molecule has 0 spiro atoms. The molecule has 160 valence electrons. The summed E-state index contributed by atoms with van der Waals surface area (Å²) in [6.07, 6.45) is 7.82. The van der Waals surface area contributed by atoms with Gasteiger partial charge in [-0.05, 0) is 19.8 Å². The monoisotopic (exact) mass is 505 g/mol. The van der Waals surface area contributed by atoms with E-state index in [4.69, 9.17) is 9.73 Å². The highest BCUT2D eigenvalue weighted by atomic mass is 127. The Morgan fingerprint density at radius 1 is 1.32 bits per heavy atom. The van der Waals surface area contributed by atoms with Crippen LogP contribution in [0.25, 0.3) is 0 Å². The van der Waals surface area contributed by atoms with E-state index in [1.807, 2.05) is 6.33 Å². The van der Waals surface area contributed by atoms with Gasteiger partial charge >= 0.3 is 0 Å². The van der Waals surface area contributed by atoms with Crippen molar-refractivity contribution in [3.05, 3.63) is 12.2 Å². The number of nitrogens with one attached hydrogen (secondary N) is 2. The first-order valence-electron chi connectivity index (χ1n) is 10.5. The number of aliphatic imine (C=N–C) groups is 1. The molecule has 1 unspecified atom stereocenters. The number of hydrogen-bond acceptors (Lipinski definition) is 5. The first-order valence-corrected chi connectivity index (χ1v) is 10.5. The molecule has 1 saturated carbocycles. The zero-order chi connectivity index (χ0) is 18.9. The van der Waals surface area contributed by atoms with Crippen LogP contribution in [0.15, 0.2) is 11.3 Å². The number of morpholine rings is 1. The van der Waals surface area contributed by atoms with Crippen molar-refractivity contribution in [3.8, 4) is 0 Å². The lowest BCUT2D eigenvalue weighted by atomic mass is 10.2. The van der Waals surface area contributed by atoms with E-state index in [0.29, 0.717) is 12.1 Å². The SMILES string of the molecule is CCc1nncn1CCNC(=NCC(C)N1CCOCC1)NC1CCCC1.I. The van der Waals surface area contributed by atoms with Gasteiger partial charge in [0, 0.05) is 44.7 Å². The summed E-state index contributed by atoms with van der Waals surface area (Å²) >= 11 is 0. The normalized spacial score (nSPS) is 20.0. The summed E-state index contributed by atoms with van der Waals surface area (Å²) in [5.74, 6) is 1.97. The highest BCUT2D eigenvalue weighted by molar-refractivity contribution is 14.0. The minimum Gasteiger partial charge on any atom is -0.379 e. The van der Waals surface area contributed by atoms with Gasteiger partial charge in [0.1, 0.15) is 12.2 Å². The highest BCUT2D eigenvalue weighted by Crippen LogP contribution is 2.17. The number of rotatable bonds is 8. The number of guanidine groups is 1. The van der Waals surface area contributed by atoms with Crippen molar-refractivity contribution in [1.29, 1.82) is 0 Å². The molecule has 8 nitrogen and oxygen atoms in total. The molecular weight excluding hydrogens is 469 g/mol. The molecule has 0 amide bonds. The van der Waals surface area contributed by atoms with Crippen molar-refractivity contribution in [2.24, 2.45) is 4.99 Å². The fourth-order valence-electron chi connectivity index (χ4n) is 3.81. The first-order chi connectivity index (χ1) is 13.3. The predicted molar refractivity (Wildman–Crippen MR) is 122 cm³/mol. The Balaban J connectivity index is 0.00000280. The molecule has 2 fully saturated rings. The Hall–Kier alpha value is -0.940. The molecule has 0 aromatic carbocycles. The summed E-state index contributed by atoms with van der Waals surface area (Å²) in [4.78, 5) is 7.36. The molecule has 1 aliphatic carbocycles. The van der Waals surface area contributed by atoms with E-state index < -0.39 is 0 Å². The average molecular weight is 505 g/mol. The third-order valence-corrected chi connectivity index (χ3v) is 5.54. The van der Waals surface area contributed by atoms with Gasteiger partial charge in [-0.15, -0.1) is 34.2 Å². The summed E-state index contributed by atoms with van der Waals surface area (Å²) in [6, 6.07) is 0.983. The van der Waals surface area contributed by atoms with Gasteiger partial charge in [0.05, 0.1) is 19.8 Å². The summed E-state index contributed by atoms with van der Waals surface area (Å²) in [5, 5.41) is 15.3. The lowest BCUT2D eigenvalue weighted by molar-refractivity contribution is 0.0220. The van der Waals surface area contributed by atoms with E-state index in [-0.39, 0.29) is 24.0 Å². The molecule has 28 heavy (non-hydrogen) atoms. The number of hydrogen-bond donors (Lipinski definition) is 2. The van der Waals surface area contributed by atoms with Crippen LogP contribution in [0.5, 0.6) is 0 Å². The topological polar surface area (TPSA) is 79.6 Å². The molecular formula is C19H36IN7O. The van der Waals surface area contributed by atoms with Gasteiger partial charge in [-0.25, -0.2) is 0 Å². The molecule has 0 radical (unpaired) electrons. The average Bonchev–Trinajstić information content (AvgIpc) is 3.38. The van der Waals surface area contributed by atoms with Gasteiger partial charge in [0.25, 0.3) is 0 Å². The van der Waals surface area contributed by atoms with Crippen LogP contribution in [0.2, 0.25) is 0 Å². The van der Waals surface area contributed by atoms with E-state index in [0.717, 1.165) is 64.1 Å². The summed E-state index contributed by atoms with van der Waals surface area (Å²) in [6.45, 7) is 10.5. The van der Waals surface area contributed by atoms with Crippen molar-refractivity contribution in [3.63, 3.8) is 0 Å².